The van der Waals surface area contributed by atoms with E-state index in [4.69, 9.17) is 5.73 Å². The predicted octanol–water partition coefficient (Wildman–Crippen LogP) is 3.64. The molecule has 2 N–H and O–H groups in total. The molecule has 0 aliphatic heterocycles. The third-order valence-corrected chi connectivity index (χ3v) is 4.61. The second kappa shape index (κ2) is 4.35. The fraction of sp³-hybridized carbons (Fsp3) is 0.357. The summed E-state index contributed by atoms with van der Waals surface area (Å²) in [5.41, 5.74) is 9.17. The molecule has 0 radical (unpaired) electrons. The molecule has 1 unspecified atom stereocenters. The second-order valence-corrected chi connectivity index (χ2v) is 5.87. The number of rotatable bonds is 1. The molecule has 1 aromatic heterocycles. The highest BCUT2D eigenvalue weighted by Crippen LogP contribution is 2.41. The number of anilines is 1. The first-order chi connectivity index (χ1) is 8.65. The maximum absolute atomic E-state index is 13.2. The fourth-order valence-corrected chi connectivity index (χ4v) is 3.80. The lowest BCUT2D eigenvalue weighted by Crippen LogP contribution is -2.10. The molecule has 4 heteroatoms. The Balaban J connectivity index is 2.07. The van der Waals surface area contributed by atoms with E-state index in [2.05, 4.69) is 4.98 Å². The Morgan fingerprint density at radius 3 is 3.06 bits per heavy atom. The SMILES string of the molecule is Cc1cc(F)ccc1C1CCCc2nc(N)sc21. The van der Waals surface area contributed by atoms with Crippen LogP contribution in [0.25, 0.3) is 0 Å². The summed E-state index contributed by atoms with van der Waals surface area (Å²) >= 11 is 1.58. The number of nitrogens with zero attached hydrogens (tertiary/aromatic N) is 1. The number of thiazole rings is 1. The highest BCUT2D eigenvalue weighted by Gasteiger charge is 2.26. The van der Waals surface area contributed by atoms with Gasteiger partial charge in [-0.25, -0.2) is 9.37 Å². The molecule has 18 heavy (non-hydrogen) atoms. The molecule has 0 amide bonds. The Kier molecular flexibility index (Phi) is 2.82. The number of hydrogen-bond acceptors (Lipinski definition) is 3. The van der Waals surface area contributed by atoms with Crippen LogP contribution >= 0.6 is 11.3 Å². The van der Waals surface area contributed by atoms with E-state index >= 15 is 0 Å². The van der Waals surface area contributed by atoms with E-state index in [1.807, 2.05) is 13.0 Å². The maximum Gasteiger partial charge on any atom is 0.180 e. The van der Waals surface area contributed by atoms with Crippen molar-refractivity contribution in [1.82, 2.24) is 4.98 Å². The molecule has 0 fully saturated rings. The van der Waals surface area contributed by atoms with E-state index in [9.17, 15) is 4.39 Å². The van der Waals surface area contributed by atoms with Crippen LogP contribution in [0, 0.1) is 12.7 Å². The van der Waals surface area contributed by atoms with Gasteiger partial charge >= 0.3 is 0 Å². The molecule has 3 rings (SSSR count). The first-order valence-corrected chi connectivity index (χ1v) is 6.98. The van der Waals surface area contributed by atoms with Gasteiger partial charge in [-0.3, -0.25) is 0 Å². The third-order valence-electron chi connectivity index (χ3n) is 3.57. The van der Waals surface area contributed by atoms with E-state index in [0.717, 1.165) is 30.5 Å². The van der Waals surface area contributed by atoms with Gasteiger partial charge in [0.2, 0.25) is 0 Å². The number of nitrogens with two attached hydrogens (primary N) is 1. The van der Waals surface area contributed by atoms with Crippen LogP contribution in [0.15, 0.2) is 18.2 Å². The highest BCUT2D eigenvalue weighted by atomic mass is 32.1. The predicted molar refractivity (Wildman–Crippen MR) is 72.4 cm³/mol. The molecule has 1 heterocycles. The first kappa shape index (κ1) is 11.7. The van der Waals surface area contributed by atoms with E-state index in [-0.39, 0.29) is 5.82 Å². The lowest BCUT2D eigenvalue weighted by Gasteiger charge is -2.23. The number of aromatic nitrogens is 1. The first-order valence-electron chi connectivity index (χ1n) is 6.16. The van der Waals surface area contributed by atoms with E-state index in [0.29, 0.717) is 11.0 Å². The summed E-state index contributed by atoms with van der Waals surface area (Å²) < 4.78 is 13.2. The van der Waals surface area contributed by atoms with Gasteiger partial charge in [-0.2, -0.15) is 0 Å². The van der Waals surface area contributed by atoms with Crippen LogP contribution in [0.3, 0.4) is 0 Å². The minimum atomic E-state index is -0.170. The molecule has 0 saturated heterocycles. The van der Waals surface area contributed by atoms with Gasteiger partial charge in [0.25, 0.3) is 0 Å². The summed E-state index contributed by atoms with van der Waals surface area (Å²) in [5, 5.41) is 0.645. The summed E-state index contributed by atoms with van der Waals surface area (Å²) in [7, 11) is 0. The van der Waals surface area contributed by atoms with Crippen LogP contribution in [0.1, 0.15) is 40.5 Å². The summed E-state index contributed by atoms with van der Waals surface area (Å²) in [4.78, 5) is 5.67. The van der Waals surface area contributed by atoms with Gasteiger partial charge in [-0.1, -0.05) is 6.07 Å². The Morgan fingerprint density at radius 1 is 1.44 bits per heavy atom. The summed E-state index contributed by atoms with van der Waals surface area (Å²) in [5.74, 6) is 0.167. The van der Waals surface area contributed by atoms with Crippen molar-refractivity contribution in [3.05, 3.63) is 45.7 Å². The zero-order chi connectivity index (χ0) is 12.7. The van der Waals surface area contributed by atoms with Crippen LogP contribution in [0.4, 0.5) is 9.52 Å². The van der Waals surface area contributed by atoms with E-state index in [1.54, 1.807) is 23.5 Å². The molecular weight excluding hydrogens is 247 g/mol. The lowest BCUT2D eigenvalue weighted by atomic mass is 9.84. The molecule has 0 spiro atoms. The maximum atomic E-state index is 13.2. The van der Waals surface area contributed by atoms with Crippen LogP contribution < -0.4 is 5.73 Å². The molecule has 2 nitrogen and oxygen atoms in total. The zero-order valence-corrected chi connectivity index (χ0v) is 11.1. The van der Waals surface area contributed by atoms with Crippen molar-refractivity contribution in [1.29, 1.82) is 0 Å². The summed E-state index contributed by atoms with van der Waals surface area (Å²) in [6.07, 6.45) is 3.23. The van der Waals surface area contributed by atoms with Gasteiger partial charge in [0.05, 0.1) is 5.69 Å². The Morgan fingerprint density at radius 2 is 2.28 bits per heavy atom. The van der Waals surface area contributed by atoms with Gasteiger partial charge < -0.3 is 5.73 Å². The van der Waals surface area contributed by atoms with Crippen LogP contribution in [-0.4, -0.2) is 4.98 Å². The van der Waals surface area contributed by atoms with Crippen molar-refractivity contribution in [2.45, 2.75) is 32.1 Å². The van der Waals surface area contributed by atoms with E-state index in [1.165, 1.54) is 10.4 Å². The van der Waals surface area contributed by atoms with Crippen LogP contribution in [-0.2, 0) is 6.42 Å². The number of nitrogen functional groups attached to an aromatic ring is 1. The molecule has 94 valence electrons. The zero-order valence-electron chi connectivity index (χ0n) is 10.2. The quantitative estimate of drug-likeness (QED) is 0.852. The molecule has 0 bridgehead atoms. The van der Waals surface area contributed by atoms with Gasteiger partial charge in [-0.05, 0) is 49.4 Å². The normalized spacial score (nSPS) is 18.7. The third kappa shape index (κ3) is 1.90. The van der Waals surface area contributed by atoms with Crippen molar-refractivity contribution in [2.24, 2.45) is 0 Å². The molecule has 1 atom stereocenters. The van der Waals surface area contributed by atoms with Crippen molar-refractivity contribution >= 4 is 16.5 Å². The smallest absolute Gasteiger partial charge is 0.180 e. The molecular formula is C14H15FN2S. The molecule has 1 aliphatic carbocycles. The highest BCUT2D eigenvalue weighted by molar-refractivity contribution is 7.15. The molecule has 2 aromatic rings. The average Bonchev–Trinajstić information content (AvgIpc) is 2.69. The average molecular weight is 262 g/mol. The summed E-state index contributed by atoms with van der Waals surface area (Å²) in [6.45, 7) is 1.97. The number of fused-ring (bicyclic) bond motifs is 1. The fourth-order valence-electron chi connectivity index (χ4n) is 2.77. The Labute approximate surface area is 110 Å². The van der Waals surface area contributed by atoms with E-state index < -0.39 is 0 Å². The van der Waals surface area contributed by atoms with Gasteiger partial charge in [-0.15, -0.1) is 11.3 Å². The minimum absolute atomic E-state index is 0.170. The van der Waals surface area contributed by atoms with Gasteiger partial charge in [0, 0.05) is 10.8 Å². The van der Waals surface area contributed by atoms with Crippen molar-refractivity contribution < 1.29 is 4.39 Å². The number of halogens is 1. The number of benzene rings is 1. The number of hydrogen-bond donors (Lipinski definition) is 1. The Bertz CT molecular complexity index is 591. The topological polar surface area (TPSA) is 38.9 Å². The van der Waals surface area contributed by atoms with Gasteiger partial charge in [0.15, 0.2) is 5.13 Å². The summed E-state index contributed by atoms with van der Waals surface area (Å²) in [6, 6.07) is 5.05. The lowest BCUT2D eigenvalue weighted by molar-refractivity contribution is 0.605. The second-order valence-electron chi connectivity index (χ2n) is 4.81. The van der Waals surface area contributed by atoms with Crippen molar-refractivity contribution in [3.63, 3.8) is 0 Å². The monoisotopic (exact) mass is 262 g/mol. The largest absolute Gasteiger partial charge is 0.375 e. The van der Waals surface area contributed by atoms with Crippen molar-refractivity contribution in [3.8, 4) is 0 Å². The Hall–Kier alpha value is -1.42. The van der Waals surface area contributed by atoms with Crippen LogP contribution in [0.5, 0.6) is 0 Å². The number of aryl methyl sites for hydroxylation is 2. The standard InChI is InChI=1S/C14H15FN2S/c1-8-7-9(15)5-6-10(8)11-3-2-4-12-13(11)18-14(16)17-12/h5-7,11H,2-4H2,1H3,(H2,16,17). The van der Waals surface area contributed by atoms with Crippen molar-refractivity contribution in [2.75, 3.05) is 5.73 Å². The molecule has 0 saturated carbocycles. The van der Waals surface area contributed by atoms with Crippen LogP contribution in [0.2, 0.25) is 0 Å². The molecule has 1 aromatic carbocycles. The molecule has 1 aliphatic rings. The minimum Gasteiger partial charge on any atom is -0.375 e. The van der Waals surface area contributed by atoms with Gasteiger partial charge in [0.1, 0.15) is 5.82 Å².